The Bertz CT molecular complexity index is 659. The molecular formula is C14H9F3O2S. The van der Waals surface area contributed by atoms with E-state index in [2.05, 4.69) is 0 Å². The number of carboxylic acids is 1. The number of benzene rings is 2. The topological polar surface area (TPSA) is 37.3 Å². The van der Waals surface area contributed by atoms with Crippen LogP contribution in [0.25, 0.3) is 0 Å². The van der Waals surface area contributed by atoms with Gasteiger partial charge in [-0.2, -0.15) is 0 Å². The summed E-state index contributed by atoms with van der Waals surface area (Å²) >= 11 is 1.01. The van der Waals surface area contributed by atoms with Gasteiger partial charge in [-0.25, -0.2) is 18.0 Å². The minimum Gasteiger partial charge on any atom is -0.478 e. The molecule has 0 aliphatic heterocycles. The van der Waals surface area contributed by atoms with Crippen molar-refractivity contribution in [3.05, 3.63) is 65.0 Å². The zero-order chi connectivity index (χ0) is 14.7. The lowest BCUT2D eigenvalue weighted by Gasteiger charge is -2.05. The molecule has 2 rings (SSSR count). The monoisotopic (exact) mass is 298 g/mol. The Labute approximate surface area is 117 Å². The maximum Gasteiger partial charge on any atom is 0.338 e. The molecule has 0 saturated heterocycles. The van der Waals surface area contributed by atoms with E-state index in [1.165, 1.54) is 12.1 Å². The van der Waals surface area contributed by atoms with E-state index in [1.54, 1.807) is 0 Å². The molecule has 0 heterocycles. The summed E-state index contributed by atoms with van der Waals surface area (Å²) in [5, 5.41) is 8.80. The van der Waals surface area contributed by atoms with Crippen LogP contribution in [0, 0.1) is 17.5 Å². The predicted octanol–water partition coefficient (Wildman–Crippen LogP) is 4.09. The molecule has 2 aromatic rings. The maximum absolute atomic E-state index is 13.4. The van der Waals surface area contributed by atoms with Gasteiger partial charge in [0.05, 0.1) is 5.56 Å². The molecule has 0 amide bonds. The largest absolute Gasteiger partial charge is 0.478 e. The van der Waals surface area contributed by atoms with Crippen LogP contribution in [0.5, 0.6) is 0 Å². The highest BCUT2D eigenvalue weighted by molar-refractivity contribution is 7.98. The Morgan fingerprint density at radius 3 is 2.45 bits per heavy atom. The van der Waals surface area contributed by atoms with E-state index in [9.17, 15) is 18.0 Å². The molecule has 2 aromatic carbocycles. The van der Waals surface area contributed by atoms with Crippen LogP contribution in [0.2, 0.25) is 0 Å². The smallest absolute Gasteiger partial charge is 0.338 e. The van der Waals surface area contributed by atoms with Gasteiger partial charge >= 0.3 is 5.97 Å². The molecule has 6 heteroatoms. The number of carbonyl (C=O) groups is 1. The average Bonchev–Trinajstić information content (AvgIpc) is 2.41. The fraction of sp³-hybridized carbons (Fsp3) is 0.0714. The van der Waals surface area contributed by atoms with Crippen LogP contribution in [-0.4, -0.2) is 11.1 Å². The first-order chi connectivity index (χ1) is 9.47. The molecule has 0 radical (unpaired) electrons. The van der Waals surface area contributed by atoms with E-state index < -0.39 is 29.0 Å². The Kier molecular flexibility index (Phi) is 4.34. The van der Waals surface area contributed by atoms with Gasteiger partial charge in [0.15, 0.2) is 0 Å². The quantitative estimate of drug-likeness (QED) is 0.864. The van der Waals surface area contributed by atoms with Crippen LogP contribution >= 0.6 is 11.8 Å². The van der Waals surface area contributed by atoms with E-state index in [4.69, 9.17) is 5.11 Å². The summed E-state index contributed by atoms with van der Waals surface area (Å²) in [5.74, 6) is -3.10. The lowest BCUT2D eigenvalue weighted by atomic mass is 10.1. The van der Waals surface area contributed by atoms with Crippen molar-refractivity contribution in [1.29, 1.82) is 0 Å². The minimum atomic E-state index is -1.37. The van der Waals surface area contributed by atoms with Crippen LogP contribution in [0.4, 0.5) is 13.2 Å². The summed E-state index contributed by atoms with van der Waals surface area (Å²) < 4.78 is 39.6. The molecule has 1 N–H and O–H groups in total. The van der Waals surface area contributed by atoms with Gasteiger partial charge in [0, 0.05) is 10.6 Å². The number of halogens is 3. The number of thioether (sulfide) groups is 1. The highest BCUT2D eigenvalue weighted by Crippen LogP contribution is 2.26. The summed E-state index contributed by atoms with van der Waals surface area (Å²) in [4.78, 5) is 10.9. The highest BCUT2D eigenvalue weighted by atomic mass is 32.2. The van der Waals surface area contributed by atoms with E-state index in [-0.39, 0.29) is 10.6 Å². The number of rotatable bonds is 4. The molecular weight excluding hydrogens is 289 g/mol. The summed E-state index contributed by atoms with van der Waals surface area (Å²) in [6, 6.07) is 6.72. The summed E-state index contributed by atoms with van der Waals surface area (Å²) in [5.41, 5.74) is 0.0697. The van der Waals surface area contributed by atoms with Crippen LogP contribution in [0.3, 0.4) is 0 Å². The first kappa shape index (κ1) is 14.5. The van der Waals surface area contributed by atoms with Crippen molar-refractivity contribution in [2.75, 3.05) is 0 Å². The Morgan fingerprint density at radius 2 is 1.75 bits per heavy atom. The number of hydrogen-bond acceptors (Lipinski definition) is 2. The minimum absolute atomic E-state index is 0.117. The van der Waals surface area contributed by atoms with Gasteiger partial charge in [-0.3, -0.25) is 0 Å². The molecule has 0 aliphatic rings. The second-order valence-electron chi connectivity index (χ2n) is 3.98. The second-order valence-corrected chi connectivity index (χ2v) is 5.00. The molecule has 104 valence electrons. The normalized spacial score (nSPS) is 10.6. The van der Waals surface area contributed by atoms with Crippen molar-refractivity contribution in [2.24, 2.45) is 0 Å². The third-order valence-electron chi connectivity index (χ3n) is 2.55. The molecule has 0 unspecified atom stereocenters. The molecule has 2 nitrogen and oxygen atoms in total. The first-order valence-electron chi connectivity index (χ1n) is 5.57. The van der Waals surface area contributed by atoms with Crippen LogP contribution < -0.4 is 0 Å². The van der Waals surface area contributed by atoms with Crippen LogP contribution in [0.1, 0.15) is 15.9 Å². The molecule has 20 heavy (non-hydrogen) atoms. The van der Waals surface area contributed by atoms with E-state index in [0.717, 1.165) is 36.0 Å². The van der Waals surface area contributed by atoms with Crippen molar-refractivity contribution in [3.63, 3.8) is 0 Å². The summed E-state index contributed by atoms with van der Waals surface area (Å²) in [6.07, 6.45) is 0. The van der Waals surface area contributed by atoms with Crippen molar-refractivity contribution >= 4 is 17.7 Å². The van der Waals surface area contributed by atoms with Gasteiger partial charge < -0.3 is 5.11 Å². The van der Waals surface area contributed by atoms with Gasteiger partial charge in [0.1, 0.15) is 17.5 Å². The fourth-order valence-electron chi connectivity index (χ4n) is 1.57. The zero-order valence-corrected chi connectivity index (χ0v) is 10.9. The molecule has 0 atom stereocenters. The molecule has 0 fully saturated rings. The molecule has 0 aliphatic carbocycles. The summed E-state index contributed by atoms with van der Waals surface area (Å²) in [7, 11) is 0. The molecule has 0 spiro atoms. The van der Waals surface area contributed by atoms with Gasteiger partial charge in [-0.05, 0) is 35.9 Å². The van der Waals surface area contributed by atoms with Crippen molar-refractivity contribution < 1.29 is 23.1 Å². The number of carboxylic acid groups (broad SMARTS) is 1. The van der Waals surface area contributed by atoms with Crippen molar-refractivity contribution in [2.45, 2.75) is 10.6 Å². The van der Waals surface area contributed by atoms with Crippen LogP contribution in [0.15, 0.2) is 41.3 Å². The van der Waals surface area contributed by atoms with Gasteiger partial charge in [0.25, 0.3) is 0 Å². The first-order valence-corrected chi connectivity index (χ1v) is 6.55. The fourth-order valence-corrected chi connectivity index (χ4v) is 2.48. The number of aromatic carboxylic acids is 1. The molecule has 0 saturated carbocycles. The predicted molar refractivity (Wildman–Crippen MR) is 69.3 cm³/mol. The van der Waals surface area contributed by atoms with E-state index in [0.29, 0.717) is 5.56 Å². The molecule has 0 bridgehead atoms. The third-order valence-corrected chi connectivity index (χ3v) is 3.65. The number of hydrogen-bond donors (Lipinski definition) is 1. The van der Waals surface area contributed by atoms with Gasteiger partial charge in [-0.15, -0.1) is 11.8 Å². The second kappa shape index (κ2) is 6.00. The van der Waals surface area contributed by atoms with Gasteiger partial charge in [0.2, 0.25) is 0 Å². The lowest BCUT2D eigenvalue weighted by Crippen LogP contribution is -2.01. The third kappa shape index (κ3) is 3.33. The SMILES string of the molecule is O=C(O)c1cc(CSc2cc(F)ccc2F)ccc1F. The molecule has 0 aromatic heterocycles. The zero-order valence-electron chi connectivity index (χ0n) is 10.1. The summed E-state index contributed by atoms with van der Waals surface area (Å²) in [6.45, 7) is 0. The standard InChI is InChI=1S/C14H9F3O2S/c15-9-2-4-12(17)13(6-9)20-7-8-1-3-11(16)10(5-8)14(18)19/h1-6H,7H2,(H,18,19). The average molecular weight is 298 g/mol. The van der Waals surface area contributed by atoms with Crippen LogP contribution in [-0.2, 0) is 5.75 Å². The maximum atomic E-state index is 13.4. The Balaban J connectivity index is 2.17. The highest BCUT2D eigenvalue weighted by Gasteiger charge is 2.11. The van der Waals surface area contributed by atoms with E-state index >= 15 is 0 Å². The van der Waals surface area contributed by atoms with E-state index in [1.807, 2.05) is 0 Å². The lowest BCUT2D eigenvalue weighted by molar-refractivity contribution is 0.0691. The Morgan fingerprint density at radius 1 is 1.05 bits per heavy atom. The van der Waals surface area contributed by atoms with Crippen molar-refractivity contribution in [3.8, 4) is 0 Å². The van der Waals surface area contributed by atoms with Crippen molar-refractivity contribution in [1.82, 2.24) is 0 Å². The van der Waals surface area contributed by atoms with Gasteiger partial charge in [-0.1, -0.05) is 6.07 Å². The Hall–Kier alpha value is -1.95.